The molecule has 0 aliphatic carbocycles. The maximum Gasteiger partial charge on any atom is 0.306 e. The van der Waals surface area contributed by atoms with Gasteiger partial charge in [0.25, 0.3) is 0 Å². The molecule has 0 rings (SSSR count). The Hall–Kier alpha value is -1.85. The second kappa shape index (κ2) is 69.6. The molecule has 0 aromatic carbocycles. The average Bonchev–Trinajstić information content (AvgIpc) is 3.46. The van der Waals surface area contributed by atoms with Crippen molar-refractivity contribution in [3.05, 3.63) is 12.2 Å². The van der Waals surface area contributed by atoms with Crippen LogP contribution in [0.3, 0.4) is 0 Å². The third kappa shape index (κ3) is 66.9. The average molecular weight is 1130 g/mol. The van der Waals surface area contributed by atoms with Crippen LogP contribution in [0.4, 0.5) is 0 Å². The van der Waals surface area contributed by atoms with Gasteiger partial charge in [-0.1, -0.05) is 373 Å². The summed E-state index contributed by atoms with van der Waals surface area (Å²) in [4.78, 5) is 38.5. The van der Waals surface area contributed by atoms with Gasteiger partial charge >= 0.3 is 17.9 Å². The molecular formula is C74H142O6. The summed E-state index contributed by atoms with van der Waals surface area (Å²) in [6, 6.07) is 0. The molecule has 80 heavy (non-hydrogen) atoms. The van der Waals surface area contributed by atoms with Crippen LogP contribution in [0.25, 0.3) is 0 Å². The fraction of sp³-hybridized carbons (Fsp3) is 0.932. The Labute approximate surface area is 501 Å². The number of ether oxygens (including phenoxy) is 3. The summed E-state index contributed by atoms with van der Waals surface area (Å²) >= 11 is 0. The molecule has 0 saturated carbocycles. The van der Waals surface area contributed by atoms with Gasteiger partial charge in [-0.15, -0.1) is 0 Å². The number of hydrogen-bond acceptors (Lipinski definition) is 6. The topological polar surface area (TPSA) is 78.9 Å². The summed E-state index contributed by atoms with van der Waals surface area (Å²) in [6.07, 6.45) is 84.0. The van der Waals surface area contributed by atoms with Crippen molar-refractivity contribution in [2.24, 2.45) is 0 Å². The lowest BCUT2D eigenvalue weighted by molar-refractivity contribution is -0.167. The van der Waals surface area contributed by atoms with Gasteiger partial charge in [-0.3, -0.25) is 14.4 Å². The number of allylic oxidation sites excluding steroid dienone is 2. The highest BCUT2D eigenvalue weighted by Crippen LogP contribution is 2.19. The van der Waals surface area contributed by atoms with Crippen LogP contribution in [0.5, 0.6) is 0 Å². The molecule has 0 heterocycles. The SMILES string of the molecule is CCCCCCC/C=C\CCCCCCCC(=O)OCC(COC(=O)CCCCCCCCCCCCCCCCCCCCCCCCCC)OC(=O)CCCCCCCCCCCCCCCCCCCCCCCCCC. The van der Waals surface area contributed by atoms with Crippen molar-refractivity contribution >= 4 is 17.9 Å². The highest BCUT2D eigenvalue weighted by atomic mass is 16.6. The molecule has 0 spiro atoms. The smallest absolute Gasteiger partial charge is 0.306 e. The van der Waals surface area contributed by atoms with E-state index in [1.54, 1.807) is 0 Å². The van der Waals surface area contributed by atoms with Crippen molar-refractivity contribution < 1.29 is 28.6 Å². The zero-order valence-electron chi connectivity index (χ0n) is 54.6. The Morgan fingerprint density at radius 3 is 0.625 bits per heavy atom. The van der Waals surface area contributed by atoms with Crippen LogP contribution >= 0.6 is 0 Å². The molecule has 0 saturated heterocycles. The minimum Gasteiger partial charge on any atom is -0.462 e. The zero-order chi connectivity index (χ0) is 57.8. The molecule has 1 atom stereocenters. The number of esters is 3. The van der Waals surface area contributed by atoms with Gasteiger partial charge in [0.1, 0.15) is 13.2 Å². The molecule has 0 N–H and O–H groups in total. The number of carbonyl (C=O) groups excluding carboxylic acids is 3. The molecule has 0 aromatic rings. The van der Waals surface area contributed by atoms with Crippen LogP contribution in [0.15, 0.2) is 12.2 Å². The van der Waals surface area contributed by atoms with Crippen molar-refractivity contribution in [1.29, 1.82) is 0 Å². The fourth-order valence-electron chi connectivity index (χ4n) is 11.5. The van der Waals surface area contributed by atoms with Crippen molar-refractivity contribution in [3.63, 3.8) is 0 Å². The summed E-state index contributed by atoms with van der Waals surface area (Å²) in [7, 11) is 0. The lowest BCUT2D eigenvalue weighted by Gasteiger charge is -2.18. The molecule has 0 aliphatic heterocycles. The fourth-order valence-corrected chi connectivity index (χ4v) is 11.5. The van der Waals surface area contributed by atoms with Gasteiger partial charge in [0, 0.05) is 19.3 Å². The van der Waals surface area contributed by atoms with Crippen LogP contribution in [0.1, 0.15) is 425 Å². The van der Waals surface area contributed by atoms with Gasteiger partial charge in [-0.25, -0.2) is 0 Å². The first kappa shape index (κ1) is 78.1. The van der Waals surface area contributed by atoms with Crippen LogP contribution in [0, 0.1) is 0 Å². The van der Waals surface area contributed by atoms with Crippen LogP contribution in [-0.4, -0.2) is 37.2 Å². The van der Waals surface area contributed by atoms with E-state index in [0.717, 1.165) is 64.2 Å². The van der Waals surface area contributed by atoms with E-state index < -0.39 is 6.10 Å². The summed E-state index contributed by atoms with van der Waals surface area (Å²) in [5.74, 6) is -0.837. The molecule has 474 valence electrons. The minimum atomic E-state index is -0.770. The van der Waals surface area contributed by atoms with E-state index in [4.69, 9.17) is 14.2 Å². The largest absolute Gasteiger partial charge is 0.462 e. The second-order valence-electron chi connectivity index (χ2n) is 25.2. The molecule has 6 nitrogen and oxygen atoms in total. The highest BCUT2D eigenvalue weighted by Gasteiger charge is 2.20. The third-order valence-electron chi connectivity index (χ3n) is 17.0. The predicted molar refractivity (Wildman–Crippen MR) is 349 cm³/mol. The Balaban J connectivity index is 4.21. The van der Waals surface area contributed by atoms with Crippen LogP contribution < -0.4 is 0 Å². The van der Waals surface area contributed by atoms with Gasteiger partial charge in [-0.05, 0) is 44.9 Å². The number of rotatable bonds is 69. The van der Waals surface area contributed by atoms with Gasteiger partial charge in [0.2, 0.25) is 0 Å². The molecular weight excluding hydrogens is 985 g/mol. The maximum absolute atomic E-state index is 13.0. The zero-order valence-corrected chi connectivity index (χ0v) is 54.6. The van der Waals surface area contributed by atoms with Crippen molar-refractivity contribution in [1.82, 2.24) is 0 Å². The van der Waals surface area contributed by atoms with Crippen LogP contribution in [0.2, 0.25) is 0 Å². The first-order valence-electron chi connectivity index (χ1n) is 36.7. The summed E-state index contributed by atoms with van der Waals surface area (Å²) in [5.41, 5.74) is 0. The Morgan fingerprint density at radius 1 is 0.237 bits per heavy atom. The minimum absolute atomic E-state index is 0.0655. The number of unbranched alkanes of at least 4 members (excludes halogenated alkanes) is 56. The van der Waals surface area contributed by atoms with E-state index in [1.807, 2.05) is 0 Å². The van der Waals surface area contributed by atoms with Crippen molar-refractivity contribution in [2.75, 3.05) is 13.2 Å². The van der Waals surface area contributed by atoms with E-state index in [-0.39, 0.29) is 31.1 Å². The van der Waals surface area contributed by atoms with Crippen LogP contribution in [-0.2, 0) is 28.6 Å². The molecule has 0 aliphatic rings. The summed E-state index contributed by atoms with van der Waals surface area (Å²) in [6.45, 7) is 6.72. The van der Waals surface area contributed by atoms with Gasteiger partial charge in [-0.2, -0.15) is 0 Å². The molecule has 1 unspecified atom stereocenters. The number of hydrogen-bond donors (Lipinski definition) is 0. The predicted octanol–water partition coefficient (Wildman–Crippen LogP) is 25.2. The standard InChI is InChI=1S/C74H142O6/c1-4-7-10-13-16-19-22-25-28-30-32-34-36-38-40-42-44-46-49-52-55-58-61-64-67-73(76)79-70-71(69-78-72(75)66-63-60-57-54-51-48-27-24-21-18-15-12-9-6-3)80-74(77)68-65-62-59-56-53-50-47-45-43-41-39-37-35-33-31-29-26-23-20-17-14-11-8-5-2/h24,27,71H,4-23,25-26,28-70H2,1-3H3/b27-24-. The Morgan fingerprint density at radius 2 is 0.412 bits per heavy atom. The van der Waals surface area contributed by atoms with Crippen molar-refractivity contribution in [2.45, 2.75) is 431 Å². The van der Waals surface area contributed by atoms with E-state index in [1.165, 1.54) is 321 Å². The monoisotopic (exact) mass is 1130 g/mol. The van der Waals surface area contributed by atoms with E-state index >= 15 is 0 Å². The van der Waals surface area contributed by atoms with E-state index in [0.29, 0.717) is 19.3 Å². The van der Waals surface area contributed by atoms with E-state index in [2.05, 4.69) is 32.9 Å². The number of carbonyl (C=O) groups is 3. The molecule has 0 bridgehead atoms. The quantitative estimate of drug-likeness (QED) is 0.0261. The molecule has 0 aromatic heterocycles. The first-order chi connectivity index (χ1) is 39.5. The first-order valence-corrected chi connectivity index (χ1v) is 36.7. The summed E-state index contributed by atoms with van der Waals surface area (Å²) in [5, 5.41) is 0. The van der Waals surface area contributed by atoms with Gasteiger partial charge < -0.3 is 14.2 Å². The maximum atomic E-state index is 13.0. The third-order valence-corrected chi connectivity index (χ3v) is 17.0. The molecule has 6 heteroatoms. The lowest BCUT2D eigenvalue weighted by Crippen LogP contribution is -2.30. The highest BCUT2D eigenvalue weighted by molar-refractivity contribution is 5.71. The Bertz CT molecular complexity index is 1250. The molecule has 0 fully saturated rings. The van der Waals surface area contributed by atoms with Crippen molar-refractivity contribution in [3.8, 4) is 0 Å². The second-order valence-corrected chi connectivity index (χ2v) is 25.2. The Kier molecular flexibility index (Phi) is 68.0. The summed E-state index contributed by atoms with van der Waals surface area (Å²) < 4.78 is 17.0. The molecule has 0 amide bonds. The van der Waals surface area contributed by atoms with E-state index in [9.17, 15) is 14.4 Å². The molecule has 0 radical (unpaired) electrons. The lowest BCUT2D eigenvalue weighted by atomic mass is 10.0. The normalized spacial score (nSPS) is 12.0. The van der Waals surface area contributed by atoms with Gasteiger partial charge in [0.15, 0.2) is 6.10 Å². The van der Waals surface area contributed by atoms with Gasteiger partial charge in [0.05, 0.1) is 0 Å².